The molecule has 1 atom stereocenters. The Bertz CT molecular complexity index is 550. The lowest BCUT2D eigenvalue weighted by molar-refractivity contribution is -0.149. The molecular formula is C19H25NO2. The first kappa shape index (κ1) is 15.1. The van der Waals surface area contributed by atoms with Gasteiger partial charge in [0.2, 0.25) is 0 Å². The van der Waals surface area contributed by atoms with E-state index in [1.807, 2.05) is 13.0 Å². The predicted octanol–water partition coefficient (Wildman–Crippen LogP) is 3.90. The van der Waals surface area contributed by atoms with Crippen molar-refractivity contribution in [2.45, 2.75) is 45.6 Å². The molecule has 1 heterocycles. The molecule has 3 nitrogen and oxygen atoms in total. The Kier molecular flexibility index (Phi) is 4.81. The van der Waals surface area contributed by atoms with Gasteiger partial charge >= 0.3 is 5.97 Å². The topological polar surface area (TPSA) is 29.5 Å². The van der Waals surface area contributed by atoms with E-state index < -0.39 is 0 Å². The zero-order valence-electron chi connectivity index (χ0n) is 13.4. The molecule has 1 unspecified atom stereocenters. The van der Waals surface area contributed by atoms with Crippen molar-refractivity contribution in [2.75, 3.05) is 13.2 Å². The molecule has 0 bridgehead atoms. The molecule has 0 spiro atoms. The van der Waals surface area contributed by atoms with E-state index in [0.29, 0.717) is 6.61 Å². The largest absolute Gasteiger partial charge is 0.466 e. The summed E-state index contributed by atoms with van der Waals surface area (Å²) in [5.74, 6) is -0.0294. The van der Waals surface area contributed by atoms with Crippen LogP contribution in [-0.2, 0) is 16.1 Å². The van der Waals surface area contributed by atoms with Crippen molar-refractivity contribution in [1.29, 1.82) is 0 Å². The van der Waals surface area contributed by atoms with Crippen LogP contribution in [-0.4, -0.2) is 24.0 Å². The zero-order chi connectivity index (χ0) is 15.4. The fourth-order valence-electron chi connectivity index (χ4n) is 3.67. The van der Waals surface area contributed by atoms with Gasteiger partial charge in [0.05, 0.1) is 12.5 Å². The van der Waals surface area contributed by atoms with Crippen LogP contribution in [0.4, 0.5) is 0 Å². The van der Waals surface area contributed by atoms with E-state index in [2.05, 4.69) is 29.2 Å². The minimum absolute atomic E-state index is 0.000474. The molecule has 0 saturated heterocycles. The first-order valence-corrected chi connectivity index (χ1v) is 8.44. The fourth-order valence-corrected chi connectivity index (χ4v) is 3.67. The Labute approximate surface area is 133 Å². The maximum Gasteiger partial charge on any atom is 0.311 e. The summed E-state index contributed by atoms with van der Waals surface area (Å²) in [5.41, 5.74) is 4.30. The number of hydrogen-bond acceptors (Lipinski definition) is 3. The first-order valence-electron chi connectivity index (χ1n) is 8.44. The summed E-state index contributed by atoms with van der Waals surface area (Å²) in [6.45, 7) is 4.05. The molecule has 1 aromatic carbocycles. The standard InChI is InChI=1S/C19H25NO2/c1-2-22-19(21)17-12-16-10-6-7-11-18(16)20(14-17)13-15-8-4-3-5-9-15/h3-5,8-9,17H,2,6-7,10-14H2,1H3. The Balaban J connectivity index is 1.80. The number of benzene rings is 1. The van der Waals surface area contributed by atoms with Crippen LogP contribution in [0.15, 0.2) is 41.6 Å². The fraction of sp³-hybridized carbons (Fsp3) is 0.526. The Hall–Kier alpha value is -1.77. The van der Waals surface area contributed by atoms with Gasteiger partial charge in [0.25, 0.3) is 0 Å². The summed E-state index contributed by atoms with van der Waals surface area (Å²) in [5, 5.41) is 0. The lowest BCUT2D eigenvalue weighted by Crippen LogP contribution is -2.39. The van der Waals surface area contributed by atoms with Gasteiger partial charge in [-0.1, -0.05) is 35.9 Å². The number of hydrogen-bond donors (Lipinski definition) is 0. The first-order chi connectivity index (χ1) is 10.8. The van der Waals surface area contributed by atoms with Crippen molar-refractivity contribution in [2.24, 2.45) is 5.92 Å². The number of rotatable bonds is 4. The summed E-state index contributed by atoms with van der Waals surface area (Å²) in [6.07, 6.45) is 5.75. The molecule has 1 aliphatic heterocycles. The third-order valence-corrected chi connectivity index (χ3v) is 4.70. The van der Waals surface area contributed by atoms with Crippen LogP contribution in [0.25, 0.3) is 0 Å². The molecule has 1 aliphatic carbocycles. The molecule has 0 saturated carbocycles. The van der Waals surface area contributed by atoms with Crippen LogP contribution in [0.1, 0.15) is 44.6 Å². The second-order valence-electron chi connectivity index (χ2n) is 6.28. The zero-order valence-corrected chi connectivity index (χ0v) is 13.4. The van der Waals surface area contributed by atoms with E-state index in [4.69, 9.17) is 4.74 Å². The highest BCUT2D eigenvalue weighted by molar-refractivity contribution is 5.73. The molecule has 118 valence electrons. The predicted molar refractivity (Wildman–Crippen MR) is 87.1 cm³/mol. The van der Waals surface area contributed by atoms with Gasteiger partial charge in [0, 0.05) is 18.8 Å². The third-order valence-electron chi connectivity index (χ3n) is 4.70. The summed E-state index contributed by atoms with van der Waals surface area (Å²) in [6, 6.07) is 10.5. The van der Waals surface area contributed by atoms with Gasteiger partial charge in [0.15, 0.2) is 0 Å². The number of allylic oxidation sites excluding steroid dienone is 2. The quantitative estimate of drug-likeness (QED) is 0.790. The molecular weight excluding hydrogens is 274 g/mol. The van der Waals surface area contributed by atoms with Crippen LogP contribution in [0.5, 0.6) is 0 Å². The third kappa shape index (κ3) is 3.34. The van der Waals surface area contributed by atoms with Gasteiger partial charge in [-0.2, -0.15) is 0 Å². The molecule has 3 heteroatoms. The van der Waals surface area contributed by atoms with Crippen LogP contribution in [0.2, 0.25) is 0 Å². The minimum atomic E-state index is -0.0299. The summed E-state index contributed by atoms with van der Waals surface area (Å²) < 4.78 is 5.27. The van der Waals surface area contributed by atoms with Crippen molar-refractivity contribution < 1.29 is 9.53 Å². The molecule has 0 radical (unpaired) electrons. The van der Waals surface area contributed by atoms with Crippen molar-refractivity contribution in [1.82, 2.24) is 4.90 Å². The molecule has 0 fully saturated rings. The van der Waals surface area contributed by atoms with E-state index >= 15 is 0 Å². The highest BCUT2D eigenvalue weighted by Crippen LogP contribution is 2.37. The summed E-state index contributed by atoms with van der Waals surface area (Å²) in [7, 11) is 0. The van der Waals surface area contributed by atoms with E-state index in [1.54, 1.807) is 0 Å². The van der Waals surface area contributed by atoms with Crippen molar-refractivity contribution >= 4 is 5.97 Å². The van der Waals surface area contributed by atoms with Crippen molar-refractivity contribution in [3.8, 4) is 0 Å². The van der Waals surface area contributed by atoms with Crippen LogP contribution in [0, 0.1) is 5.92 Å². The maximum absolute atomic E-state index is 12.2. The van der Waals surface area contributed by atoms with Gasteiger partial charge in [-0.25, -0.2) is 0 Å². The second kappa shape index (κ2) is 6.99. The highest BCUT2D eigenvalue weighted by Gasteiger charge is 2.32. The SMILES string of the molecule is CCOC(=O)C1CC2=C(CCCC2)N(Cc2ccccc2)C1. The molecule has 0 N–H and O–H groups in total. The van der Waals surface area contributed by atoms with Crippen molar-refractivity contribution in [3.05, 3.63) is 47.2 Å². The molecule has 1 aromatic rings. The van der Waals surface area contributed by atoms with Crippen molar-refractivity contribution in [3.63, 3.8) is 0 Å². The Morgan fingerprint density at radius 1 is 1.23 bits per heavy atom. The van der Waals surface area contributed by atoms with E-state index in [1.165, 1.54) is 29.7 Å². The Morgan fingerprint density at radius 3 is 2.77 bits per heavy atom. The number of carbonyl (C=O) groups excluding carboxylic acids is 1. The number of ether oxygens (including phenoxy) is 1. The highest BCUT2D eigenvalue weighted by atomic mass is 16.5. The minimum Gasteiger partial charge on any atom is -0.466 e. The average molecular weight is 299 g/mol. The molecule has 22 heavy (non-hydrogen) atoms. The number of esters is 1. The Morgan fingerprint density at radius 2 is 2.00 bits per heavy atom. The smallest absolute Gasteiger partial charge is 0.311 e. The molecule has 2 aliphatic rings. The lowest BCUT2D eigenvalue weighted by Gasteiger charge is -2.39. The van der Waals surface area contributed by atoms with Gasteiger partial charge < -0.3 is 9.64 Å². The molecule has 0 amide bonds. The second-order valence-corrected chi connectivity index (χ2v) is 6.28. The van der Waals surface area contributed by atoms with Gasteiger partial charge in [-0.3, -0.25) is 4.79 Å². The normalized spacial score (nSPS) is 21.5. The lowest BCUT2D eigenvalue weighted by atomic mass is 9.84. The summed E-state index contributed by atoms with van der Waals surface area (Å²) in [4.78, 5) is 14.6. The van der Waals surface area contributed by atoms with Crippen LogP contribution in [0.3, 0.4) is 0 Å². The monoisotopic (exact) mass is 299 g/mol. The van der Waals surface area contributed by atoms with E-state index in [-0.39, 0.29) is 11.9 Å². The van der Waals surface area contributed by atoms with E-state index in [9.17, 15) is 4.79 Å². The van der Waals surface area contributed by atoms with Crippen LogP contribution < -0.4 is 0 Å². The number of carbonyl (C=O) groups is 1. The van der Waals surface area contributed by atoms with Gasteiger partial charge in [-0.15, -0.1) is 0 Å². The van der Waals surface area contributed by atoms with Gasteiger partial charge in [-0.05, 0) is 44.6 Å². The van der Waals surface area contributed by atoms with Gasteiger partial charge in [0.1, 0.15) is 0 Å². The van der Waals surface area contributed by atoms with Crippen LogP contribution >= 0.6 is 0 Å². The summed E-state index contributed by atoms with van der Waals surface area (Å²) >= 11 is 0. The maximum atomic E-state index is 12.2. The molecule has 3 rings (SSSR count). The average Bonchev–Trinajstić information content (AvgIpc) is 2.56. The molecule has 0 aromatic heterocycles. The van der Waals surface area contributed by atoms with E-state index in [0.717, 1.165) is 32.4 Å². The number of nitrogens with zero attached hydrogens (tertiary/aromatic N) is 1.